The zero-order valence-corrected chi connectivity index (χ0v) is 12.8. The van der Waals surface area contributed by atoms with E-state index in [1.807, 2.05) is 0 Å². The van der Waals surface area contributed by atoms with Gasteiger partial charge < -0.3 is 18.9 Å². The Bertz CT molecular complexity index is 407. The average Bonchev–Trinajstić information content (AvgIpc) is 2.95. The quantitative estimate of drug-likeness (QED) is 0.235. The van der Waals surface area contributed by atoms with Crippen LogP contribution in [-0.2, 0) is 23.7 Å². The first-order valence-electron chi connectivity index (χ1n) is 7.71. The van der Waals surface area contributed by atoms with Gasteiger partial charge in [-0.05, 0) is 37.6 Å². The molecule has 0 spiro atoms. The summed E-state index contributed by atoms with van der Waals surface area (Å²) in [6.45, 7) is 1.55. The minimum absolute atomic E-state index is 0.142. The Morgan fingerprint density at radius 2 is 2.14 bits per heavy atom. The molecule has 1 saturated carbocycles. The topological polar surface area (TPSA) is 103 Å². The molecule has 0 aromatic carbocycles. The van der Waals surface area contributed by atoms with Gasteiger partial charge in [-0.3, -0.25) is 4.79 Å². The maximum atomic E-state index is 11.6. The molecule has 2 rings (SSSR count). The van der Waals surface area contributed by atoms with Crippen LogP contribution in [0.25, 0.3) is 10.4 Å². The molecule has 2 fully saturated rings. The van der Waals surface area contributed by atoms with Gasteiger partial charge >= 0.3 is 5.97 Å². The van der Waals surface area contributed by atoms with Crippen LogP contribution in [0.4, 0.5) is 0 Å². The second-order valence-electron chi connectivity index (χ2n) is 5.54. The Morgan fingerprint density at radius 3 is 2.82 bits per heavy atom. The molecule has 0 N–H and O–H groups in total. The van der Waals surface area contributed by atoms with Crippen molar-refractivity contribution in [2.75, 3.05) is 26.9 Å². The predicted octanol–water partition coefficient (Wildman–Crippen LogP) is 2.18. The summed E-state index contributed by atoms with van der Waals surface area (Å²) < 4.78 is 21.5. The van der Waals surface area contributed by atoms with Crippen LogP contribution in [0.2, 0.25) is 0 Å². The van der Waals surface area contributed by atoms with Crippen LogP contribution < -0.4 is 0 Å². The first-order valence-corrected chi connectivity index (χ1v) is 7.71. The zero-order chi connectivity index (χ0) is 15.8. The molecule has 2 aliphatic rings. The third kappa shape index (κ3) is 4.84. The van der Waals surface area contributed by atoms with Crippen molar-refractivity contribution in [3.63, 3.8) is 0 Å². The van der Waals surface area contributed by atoms with Crippen molar-refractivity contribution in [3.8, 4) is 0 Å². The van der Waals surface area contributed by atoms with Crippen molar-refractivity contribution in [1.82, 2.24) is 0 Å². The van der Waals surface area contributed by atoms with E-state index in [4.69, 9.17) is 24.5 Å². The lowest BCUT2D eigenvalue weighted by atomic mass is 10.1. The maximum absolute atomic E-state index is 11.6. The van der Waals surface area contributed by atoms with Crippen LogP contribution in [-0.4, -0.2) is 51.3 Å². The first-order chi connectivity index (χ1) is 10.7. The highest BCUT2D eigenvalue weighted by Gasteiger charge is 2.38. The van der Waals surface area contributed by atoms with Crippen LogP contribution in [0.5, 0.6) is 0 Å². The predicted molar refractivity (Wildman–Crippen MR) is 77.0 cm³/mol. The smallest absolute Gasteiger partial charge is 0.308 e. The second-order valence-corrected chi connectivity index (χ2v) is 5.54. The highest BCUT2D eigenvalue weighted by Crippen LogP contribution is 2.31. The molecule has 1 heterocycles. The van der Waals surface area contributed by atoms with Crippen molar-refractivity contribution in [2.45, 2.75) is 50.5 Å². The molecule has 1 aliphatic carbocycles. The summed E-state index contributed by atoms with van der Waals surface area (Å²) in [4.78, 5) is 14.4. The molecule has 0 aromatic heterocycles. The number of carbonyl (C=O) groups excluding carboxylic acids is 1. The van der Waals surface area contributed by atoms with Gasteiger partial charge in [0, 0.05) is 11.5 Å². The van der Waals surface area contributed by atoms with Crippen molar-refractivity contribution >= 4 is 5.97 Å². The average molecular weight is 313 g/mol. The summed E-state index contributed by atoms with van der Waals surface area (Å²) in [6.07, 6.45) is 3.68. The number of nitrogens with zero attached hydrogens (tertiary/aromatic N) is 3. The molecule has 0 aromatic rings. The van der Waals surface area contributed by atoms with Gasteiger partial charge in [-0.25, -0.2) is 0 Å². The standard InChI is InChI=1S/C14H23N3O5/c1-19-14(18)10-8-11(16-17-15)12(9-10)20-6-7-22-13-4-2-3-5-21-13/h10-13H,2-9H2,1H3/t10?,11-,12-,13?/m0/s1. The van der Waals surface area contributed by atoms with E-state index in [-0.39, 0.29) is 30.3 Å². The highest BCUT2D eigenvalue weighted by atomic mass is 16.7. The van der Waals surface area contributed by atoms with Gasteiger partial charge in [-0.2, -0.15) is 0 Å². The molecule has 22 heavy (non-hydrogen) atoms. The van der Waals surface area contributed by atoms with E-state index in [1.165, 1.54) is 7.11 Å². The normalized spacial score (nSPS) is 31.5. The number of carbonyl (C=O) groups is 1. The van der Waals surface area contributed by atoms with E-state index < -0.39 is 0 Å². The van der Waals surface area contributed by atoms with Gasteiger partial charge in [-0.15, -0.1) is 0 Å². The molecule has 8 heteroatoms. The number of esters is 1. The lowest BCUT2D eigenvalue weighted by molar-refractivity contribution is -0.171. The van der Waals surface area contributed by atoms with E-state index in [0.717, 1.165) is 25.9 Å². The Hall–Kier alpha value is -1.34. The fraction of sp³-hybridized carbons (Fsp3) is 0.929. The van der Waals surface area contributed by atoms with Crippen LogP contribution >= 0.6 is 0 Å². The van der Waals surface area contributed by atoms with Gasteiger partial charge in [-0.1, -0.05) is 5.11 Å². The molecular formula is C14H23N3O5. The van der Waals surface area contributed by atoms with Crippen LogP contribution in [0.1, 0.15) is 32.1 Å². The van der Waals surface area contributed by atoms with Gasteiger partial charge in [0.1, 0.15) is 0 Å². The van der Waals surface area contributed by atoms with Crippen LogP contribution in [0.15, 0.2) is 5.11 Å². The number of methoxy groups -OCH3 is 1. The number of ether oxygens (including phenoxy) is 4. The number of hydrogen-bond acceptors (Lipinski definition) is 6. The highest BCUT2D eigenvalue weighted by molar-refractivity contribution is 5.72. The first kappa shape index (κ1) is 17.0. The van der Waals surface area contributed by atoms with Crippen molar-refractivity contribution < 1.29 is 23.7 Å². The molecule has 0 radical (unpaired) electrons. The van der Waals surface area contributed by atoms with E-state index in [2.05, 4.69) is 10.0 Å². The maximum Gasteiger partial charge on any atom is 0.308 e. The van der Waals surface area contributed by atoms with E-state index in [9.17, 15) is 4.79 Å². The van der Waals surface area contributed by atoms with E-state index in [0.29, 0.717) is 26.1 Å². The third-order valence-corrected chi connectivity index (χ3v) is 4.06. The third-order valence-electron chi connectivity index (χ3n) is 4.06. The minimum Gasteiger partial charge on any atom is -0.469 e. The zero-order valence-electron chi connectivity index (χ0n) is 12.8. The molecule has 0 amide bonds. The van der Waals surface area contributed by atoms with Gasteiger partial charge in [0.15, 0.2) is 6.29 Å². The fourth-order valence-corrected chi connectivity index (χ4v) is 2.92. The molecule has 2 unspecified atom stereocenters. The summed E-state index contributed by atoms with van der Waals surface area (Å²) in [6, 6.07) is -0.333. The van der Waals surface area contributed by atoms with E-state index >= 15 is 0 Å². The molecule has 0 bridgehead atoms. The SMILES string of the molecule is COC(=O)C1C[C@H](N=[N+]=[N-])[C@@H](OCCOC2CCCCO2)C1. The van der Waals surface area contributed by atoms with Gasteiger partial charge in [0.25, 0.3) is 0 Å². The largest absolute Gasteiger partial charge is 0.469 e. The second kappa shape index (κ2) is 8.95. The summed E-state index contributed by atoms with van der Waals surface area (Å²) in [7, 11) is 1.36. The summed E-state index contributed by atoms with van der Waals surface area (Å²) in [5.74, 6) is -0.552. The number of azide groups is 1. The fourth-order valence-electron chi connectivity index (χ4n) is 2.92. The van der Waals surface area contributed by atoms with E-state index in [1.54, 1.807) is 0 Å². The lowest BCUT2D eigenvalue weighted by Crippen LogP contribution is -2.27. The van der Waals surface area contributed by atoms with Gasteiger partial charge in [0.2, 0.25) is 0 Å². The Kier molecular flexibility index (Phi) is 6.92. The van der Waals surface area contributed by atoms with Crippen LogP contribution in [0, 0.1) is 5.92 Å². The Balaban J connectivity index is 1.72. The van der Waals surface area contributed by atoms with Crippen molar-refractivity contribution in [2.24, 2.45) is 11.0 Å². The molecule has 1 saturated heterocycles. The summed E-state index contributed by atoms with van der Waals surface area (Å²) in [5, 5.41) is 3.72. The molecule has 1 aliphatic heterocycles. The Morgan fingerprint density at radius 1 is 1.32 bits per heavy atom. The summed E-state index contributed by atoms with van der Waals surface area (Å²) >= 11 is 0. The Labute approximate surface area is 129 Å². The molecule has 124 valence electrons. The molecule has 4 atom stereocenters. The molecule has 8 nitrogen and oxygen atoms in total. The molecular weight excluding hydrogens is 290 g/mol. The lowest BCUT2D eigenvalue weighted by Gasteiger charge is -2.23. The number of rotatable bonds is 7. The van der Waals surface area contributed by atoms with Crippen molar-refractivity contribution in [3.05, 3.63) is 10.4 Å². The minimum atomic E-state index is -0.333. The van der Waals surface area contributed by atoms with Crippen LogP contribution in [0.3, 0.4) is 0 Å². The van der Waals surface area contributed by atoms with Crippen molar-refractivity contribution in [1.29, 1.82) is 0 Å². The number of hydrogen-bond donors (Lipinski definition) is 0. The van der Waals surface area contributed by atoms with Gasteiger partial charge in [0.05, 0.1) is 38.4 Å². The summed E-state index contributed by atoms with van der Waals surface area (Å²) in [5.41, 5.74) is 8.61. The monoisotopic (exact) mass is 313 g/mol.